The van der Waals surface area contributed by atoms with Crippen LogP contribution in [0.1, 0.15) is 21.5 Å². The number of aryl methyl sites for hydroxylation is 2. The van der Waals surface area contributed by atoms with E-state index in [9.17, 15) is 4.79 Å². The standard InChI is InChI=1S/C18H19N3O3S/c1-10-5-11(2)16-15(6-10)19-18(25-16)21-20-17(22)12-7-13(23-3)9-14(8-12)24-4/h5-9H,1-4H3,(H,19,21)(H,20,22). The zero-order chi connectivity index (χ0) is 18.0. The predicted molar refractivity (Wildman–Crippen MR) is 99.7 cm³/mol. The Hall–Kier alpha value is -2.80. The Morgan fingerprint density at radius 1 is 1.04 bits per heavy atom. The van der Waals surface area contributed by atoms with Gasteiger partial charge >= 0.3 is 0 Å². The van der Waals surface area contributed by atoms with Crippen molar-refractivity contribution in [3.8, 4) is 11.5 Å². The second kappa shape index (κ2) is 6.98. The Morgan fingerprint density at radius 3 is 2.36 bits per heavy atom. The maximum absolute atomic E-state index is 12.4. The molecule has 1 amide bonds. The number of methoxy groups -OCH3 is 2. The molecule has 0 saturated carbocycles. The topological polar surface area (TPSA) is 72.5 Å². The van der Waals surface area contributed by atoms with Gasteiger partial charge in [-0.15, -0.1) is 0 Å². The van der Waals surface area contributed by atoms with Crippen molar-refractivity contribution < 1.29 is 14.3 Å². The largest absolute Gasteiger partial charge is 0.497 e. The number of rotatable bonds is 5. The number of hydrogen-bond acceptors (Lipinski definition) is 6. The van der Waals surface area contributed by atoms with Crippen LogP contribution < -0.4 is 20.3 Å². The molecule has 6 nitrogen and oxygen atoms in total. The Bertz CT molecular complexity index is 914. The molecular formula is C18H19N3O3S. The molecule has 1 heterocycles. The molecule has 0 aliphatic carbocycles. The van der Waals surface area contributed by atoms with Crippen molar-refractivity contribution in [1.82, 2.24) is 10.4 Å². The van der Waals surface area contributed by atoms with Crippen LogP contribution in [0.4, 0.5) is 5.13 Å². The van der Waals surface area contributed by atoms with Gasteiger partial charge in [0.15, 0.2) is 0 Å². The summed E-state index contributed by atoms with van der Waals surface area (Å²) in [6.07, 6.45) is 0. The van der Waals surface area contributed by atoms with Crippen LogP contribution >= 0.6 is 11.3 Å². The van der Waals surface area contributed by atoms with Gasteiger partial charge in [0.1, 0.15) is 11.5 Å². The quantitative estimate of drug-likeness (QED) is 0.682. The van der Waals surface area contributed by atoms with Crippen molar-refractivity contribution in [3.05, 3.63) is 47.0 Å². The van der Waals surface area contributed by atoms with E-state index in [1.54, 1.807) is 32.4 Å². The van der Waals surface area contributed by atoms with E-state index in [1.807, 2.05) is 13.0 Å². The van der Waals surface area contributed by atoms with Crippen molar-refractivity contribution in [2.45, 2.75) is 13.8 Å². The van der Waals surface area contributed by atoms with E-state index < -0.39 is 0 Å². The average molecular weight is 357 g/mol. The van der Waals surface area contributed by atoms with Crippen molar-refractivity contribution in [2.24, 2.45) is 0 Å². The highest BCUT2D eigenvalue weighted by Gasteiger charge is 2.11. The number of thiazole rings is 1. The Labute approximate surface area is 149 Å². The van der Waals surface area contributed by atoms with Crippen LogP contribution in [-0.2, 0) is 0 Å². The number of anilines is 1. The third-order valence-electron chi connectivity index (χ3n) is 3.72. The van der Waals surface area contributed by atoms with E-state index in [1.165, 1.54) is 16.9 Å². The highest BCUT2D eigenvalue weighted by atomic mass is 32.1. The molecule has 0 atom stereocenters. The first-order valence-electron chi connectivity index (χ1n) is 7.67. The third kappa shape index (κ3) is 3.66. The first kappa shape index (κ1) is 17.0. The molecule has 25 heavy (non-hydrogen) atoms. The van der Waals surface area contributed by atoms with Crippen molar-refractivity contribution in [1.29, 1.82) is 0 Å². The number of ether oxygens (including phenoxy) is 2. The number of nitrogens with one attached hydrogen (secondary N) is 2. The number of hydrogen-bond donors (Lipinski definition) is 2. The molecular weight excluding hydrogens is 338 g/mol. The first-order chi connectivity index (χ1) is 12.0. The van der Waals surface area contributed by atoms with Crippen LogP contribution in [-0.4, -0.2) is 25.1 Å². The minimum absolute atomic E-state index is 0.302. The third-order valence-corrected chi connectivity index (χ3v) is 4.84. The first-order valence-corrected chi connectivity index (χ1v) is 8.49. The molecule has 1 aromatic heterocycles. The molecule has 0 unspecified atom stereocenters. The summed E-state index contributed by atoms with van der Waals surface area (Å²) in [5, 5.41) is 0.631. The second-order valence-electron chi connectivity index (χ2n) is 5.63. The van der Waals surface area contributed by atoms with Gasteiger partial charge in [0.2, 0.25) is 5.13 Å². The zero-order valence-corrected chi connectivity index (χ0v) is 15.3. The van der Waals surface area contributed by atoms with Crippen LogP contribution in [0.15, 0.2) is 30.3 Å². The molecule has 0 bridgehead atoms. The maximum atomic E-state index is 12.4. The SMILES string of the molecule is COc1cc(OC)cc(C(=O)NNc2nc3cc(C)cc(C)c3s2)c1. The normalized spacial score (nSPS) is 10.6. The molecule has 0 aliphatic rings. The fraction of sp³-hybridized carbons (Fsp3) is 0.222. The fourth-order valence-electron chi connectivity index (χ4n) is 2.55. The summed E-state index contributed by atoms with van der Waals surface area (Å²) in [6, 6.07) is 9.14. The van der Waals surface area contributed by atoms with E-state index in [0.29, 0.717) is 22.2 Å². The molecule has 3 aromatic rings. The van der Waals surface area contributed by atoms with E-state index in [2.05, 4.69) is 28.8 Å². The summed E-state index contributed by atoms with van der Waals surface area (Å²) in [5.41, 5.74) is 9.22. The number of carbonyl (C=O) groups is 1. The number of amides is 1. The smallest absolute Gasteiger partial charge is 0.269 e. The molecule has 0 radical (unpaired) electrons. The number of aromatic nitrogens is 1. The molecule has 0 fully saturated rings. The lowest BCUT2D eigenvalue weighted by molar-refractivity contribution is 0.0962. The lowest BCUT2D eigenvalue weighted by Gasteiger charge is -2.09. The fourth-order valence-corrected chi connectivity index (χ4v) is 3.42. The average Bonchev–Trinajstić information content (AvgIpc) is 3.02. The molecule has 2 N–H and O–H groups in total. The van der Waals surface area contributed by atoms with Crippen LogP contribution in [0, 0.1) is 13.8 Å². The molecule has 0 aliphatic heterocycles. The molecule has 2 aromatic carbocycles. The van der Waals surface area contributed by atoms with Gasteiger partial charge in [-0.25, -0.2) is 4.98 Å². The summed E-state index contributed by atoms with van der Waals surface area (Å²) < 4.78 is 11.5. The summed E-state index contributed by atoms with van der Waals surface area (Å²) in [4.78, 5) is 16.9. The van der Waals surface area contributed by atoms with Gasteiger partial charge in [-0.05, 0) is 43.2 Å². The number of fused-ring (bicyclic) bond motifs is 1. The van der Waals surface area contributed by atoms with E-state index in [-0.39, 0.29) is 5.91 Å². The number of carbonyl (C=O) groups excluding carboxylic acids is 1. The van der Waals surface area contributed by atoms with Gasteiger partial charge in [-0.3, -0.25) is 15.6 Å². The predicted octanol–water partition coefficient (Wildman–Crippen LogP) is 3.69. The minimum Gasteiger partial charge on any atom is -0.497 e. The molecule has 0 spiro atoms. The molecule has 130 valence electrons. The highest BCUT2D eigenvalue weighted by molar-refractivity contribution is 7.22. The van der Waals surface area contributed by atoms with Gasteiger partial charge in [0, 0.05) is 11.6 Å². The van der Waals surface area contributed by atoms with Crippen LogP contribution in [0.3, 0.4) is 0 Å². The van der Waals surface area contributed by atoms with E-state index in [4.69, 9.17) is 9.47 Å². The summed E-state index contributed by atoms with van der Waals surface area (Å²) in [6.45, 7) is 4.09. The maximum Gasteiger partial charge on any atom is 0.269 e. The van der Waals surface area contributed by atoms with E-state index >= 15 is 0 Å². The van der Waals surface area contributed by atoms with E-state index in [0.717, 1.165) is 15.8 Å². The lowest BCUT2D eigenvalue weighted by Crippen LogP contribution is -2.29. The van der Waals surface area contributed by atoms with Gasteiger partial charge in [-0.1, -0.05) is 17.4 Å². The Balaban J connectivity index is 1.77. The highest BCUT2D eigenvalue weighted by Crippen LogP contribution is 2.29. The van der Waals surface area contributed by atoms with Crippen LogP contribution in [0.2, 0.25) is 0 Å². The minimum atomic E-state index is -0.302. The Kier molecular flexibility index (Phi) is 4.76. The van der Waals surface area contributed by atoms with Gasteiger partial charge < -0.3 is 9.47 Å². The number of benzene rings is 2. The van der Waals surface area contributed by atoms with Gasteiger partial charge in [-0.2, -0.15) is 0 Å². The molecule has 7 heteroatoms. The van der Waals surface area contributed by atoms with Gasteiger partial charge in [0.05, 0.1) is 24.4 Å². The second-order valence-corrected chi connectivity index (χ2v) is 6.63. The lowest BCUT2D eigenvalue weighted by atomic mass is 10.1. The zero-order valence-electron chi connectivity index (χ0n) is 14.5. The van der Waals surface area contributed by atoms with Crippen LogP contribution in [0.25, 0.3) is 10.2 Å². The summed E-state index contributed by atoms with van der Waals surface area (Å²) in [7, 11) is 3.08. The Morgan fingerprint density at radius 2 is 1.72 bits per heavy atom. The van der Waals surface area contributed by atoms with Crippen molar-refractivity contribution in [3.63, 3.8) is 0 Å². The molecule has 3 rings (SSSR count). The van der Waals surface area contributed by atoms with Gasteiger partial charge in [0.25, 0.3) is 5.91 Å². The summed E-state index contributed by atoms with van der Waals surface area (Å²) in [5.74, 6) is 0.801. The number of hydrazine groups is 1. The van der Waals surface area contributed by atoms with Crippen LogP contribution in [0.5, 0.6) is 11.5 Å². The summed E-state index contributed by atoms with van der Waals surface area (Å²) >= 11 is 1.50. The molecule has 0 saturated heterocycles. The van der Waals surface area contributed by atoms with Crippen molar-refractivity contribution >= 4 is 32.6 Å². The number of nitrogens with zero attached hydrogens (tertiary/aromatic N) is 1. The van der Waals surface area contributed by atoms with Crippen molar-refractivity contribution in [2.75, 3.05) is 19.6 Å². The monoisotopic (exact) mass is 357 g/mol.